The molecule has 4 aromatic rings. The summed E-state index contributed by atoms with van der Waals surface area (Å²) >= 11 is 3.45. The van der Waals surface area contributed by atoms with Gasteiger partial charge in [0.2, 0.25) is 0 Å². The highest BCUT2D eigenvalue weighted by atomic mass is 79.9. The predicted octanol–water partition coefficient (Wildman–Crippen LogP) is 5.00. The van der Waals surface area contributed by atoms with Crippen LogP contribution in [0.4, 0.5) is 5.69 Å². The fraction of sp³-hybridized carbons (Fsp3) is 0.100. The fourth-order valence-electron chi connectivity index (χ4n) is 2.87. The Bertz CT molecular complexity index is 1070. The third-order valence-corrected chi connectivity index (χ3v) is 4.71. The van der Waals surface area contributed by atoms with Gasteiger partial charge < -0.3 is 9.73 Å². The number of aromatic nitrogens is 2. The molecule has 0 unspecified atom stereocenters. The van der Waals surface area contributed by atoms with Gasteiger partial charge in [-0.15, -0.1) is 0 Å². The van der Waals surface area contributed by atoms with Crippen LogP contribution in [-0.2, 0) is 6.54 Å². The highest BCUT2D eigenvalue weighted by molar-refractivity contribution is 9.10. The minimum Gasteiger partial charge on any atom is -0.451 e. The van der Waals surface area contributed by atoms with E-state index in [1.165, 1.54) is 0 Å². The first-order valence-electron chi connectivity index (χ1n) is 8.16. The summed E-state index contributed by atoms with van der Waals surface area (Å²) in [4.78, 5) is 12.6. The minimum atomic E-state index is -0.255. The third kappa shape index (κ3) is 3.28. The monoisotopic (exact) mass is 409 g/mol. The number of halogens is 1. The summed E-state index contributed by atoms with van der Waals surface area (Å²) in [7, 11) is 0. The molecule has 6 heteroatoms. The molecule has 0 aliphatic rings. The zero-order valence-corrected chi connectivity index (χ0v) is 15.7. The molecule has 26 heavy (non-hydrogen) atoms. The lowest BCUT2D eigenvalue weighted by atomic mass is 10.1. The molecule has 0 bridgehead atoms. The lowest BCUT2D eigenvalue weighted by molar-refractivity contribution is 0.0998. The van der Waals surface area contributed by atoms with Crippen LogP contribution in [0.3, 0.4) is 0 Å². The molecule has 0 radical (unpaired) electrons. The van der Waals surface area contributed by atoms with Crippen LogP contribution in [-0.4, -0.2) is 15.7 Å². The van der Waals surface area contributed by atoms with Gasteiger partial charge in [-0.3, -0.25) is 9.48 Å². The van der Waals surface area contributed by atoms with Crippen LogP contribution in [0.15, 0.2) is 69.8 Å². The fourth-order valence-corrected chi connectivity index (χ4v) is 3.23. The van der Waals surface area contributed by atoms with Crippen molar-refractivity contribution in [2.45, 2.75) is 13.5 Å². The maximum absolute atomic E-state index is 12.6. The van der Waals surface area contributed by atoms with Crippen LogP contribution in [0.2, 0.25) is 0 Å². The van der Waals surface area contributed by atoms with Gasteiger partial charge >= 0.3 is 0 Å². The van der Waals surface area contributed by atoms with Gasteiger partial charge in [0.05, 0.1) is 6.54 Å². The molecular weight excluding hydrogens is 394 g/mol. The summed E-state index contributed by atoms with van der Waals surface area (Å²) in [6, 6.07) is 15.3. The predicted molar refractivity (Wildman–Crippen MR) is 104 cm³/mol. The highest BCUT2D eigenvalue weighted by Crippen LogP contribution is 2.28. The van der Waals surface area contributed by atoms with Crippen molar-refractivity contribution in [1.82, 2.24) is 9.78 Å². The summed E-state index contributed by atoms with van der Waals surface area (Å²) in [6.07, 6.45) is 3.67. The van der Waals surface area contributed by atoms with E-state index in [2.05, 4.69) is 26.3 Å². The molecule has 2 aromatic carbocycles. The number of benzene rings is 2. The first-order valence-corrected chi connectivity index (χ1v) is 8.96. The van der Waals surface area contributed by atoms with Gasteiger partial charge in [-0.25, -0.2) is 0 Å². The van der Waals surface area contributed by atoms with Crippen LogP contribution < -0.4 is 5.32 Å². The molecule has 0 spiro atoms. The Morgan fingerprint density at radius 3 is 2.77 bits per heavy atom. The molecular formula is C20H16BrN3O2. The number of furan rings is 1. The number of fused-ring (bicyclic) bond motifs is 1. The SMILES string of the molecule is Cc1c(C(=O)Nc2ccc(Cn3cccn3)cc2)oc2ccc(Br)cc12. The number of rotatable bonds is 4. The number of nitrogens with zero attached hydrogens (tertiary/aromatic N) is 2. The second-order valence-electron chi connectivity index (χ2n) is 6.05. The molecule has 4 rings (SSSR count). The topological polar surface area (TPSA) is 60.1 Å². The molecule has 1 N–H and O–H groups in total. The average Bonchev–Trinajstić information content (AvgIpc) is 3.25. The first kappa shape index (κ1) is 16.6. The van der Waals surface area contributed by atoms with Crippen molar-refractivity contribution in [2.75, 3.05) is 5.32 Å². The van der Waals surface area contributed by atoms with Crippen molar-refractivity contribution in [3.8, 4) is 0 Å². The van der Waals surface area contributed by atoms with Crippen molar-refractivity contribution in [2.24, 2.45) is 0 Å². The van der Waals surface area contributed by atoms with E-state index in [0.717, 1.165) is 26.7 Å². The van der Waals surface area contributed by atoms with E-state index in [0.29, 0.717) is 17.9 Å². The Kier molecular flexibility index (Phi) is 4.34. The molecule has 0 aliphatic heterocycles. The van der Waals surface area contributed by atoms with Crippen LogP contribution in [0.1, 0.15) is 21.7 Å². The average molecular weight is 410 g/mol. The largest absolute Gasteiger partial charge is 0.451 e. The normalized spacial score (nSPS) is 11.0. The smallest absolute Gasteiger partial charge is 0.291 e. The number of anilines is 1. The van der Waals surface area contributed by atoms with E-state index in [-0.39, 0.29) is 5.91 Å². The number of nitrogens with one attached hydrogen (secondary N) is 1. The summed E-state index contributed by atoms with van der Waals surface area (Å²) in [5, 5.41) is 8.01. The van der Waals surface area contributed by atoms with Gasteiger partial charge in [0.25, 0.3) is 5.91 Å². The van der Waals surface area contributed by atoms with Crippen molar-refractivity contribution >= 4 is 38.5 Å². The van der Waals surface area contributed by atoms with Gasteiger partial charge in [-0.2, -0.15) is 5.10 Å². The molecule has 0 saturated carbocycles. The quantitative estimate of drug-likeness (QED) is 0.515. The number of hydrogen-bond donors (Lipinski definition) is 1. The zero-order chi connectivity index (χ0) is 18.1. The summed E-state index contributed by atoms with van der Waals surface area (Å²) < 4.78 is 8.54. The second kappa shape index (κ2) is 6.80. The number of carbonyl (C=O) groups is 1. The molecule has 0 aliphatic carbocycles. The summed E-state index contributed by atoms with van der Waals surface area (Å²) in [5.41, 5.74) is 3.36. The number of hydrogen-bond acceptors (Lipinski definition) is 3. The summed E-state index contributed by atoms with van der Waals surface area (Å²) in [6.45, 7) is 2.58. The molecule has 5 nitrogen and oxygen atoms in total. The van der Waals surface area contributed by atoms with Crippen LogP contribution in [0, 0.1) is 6.92 Å². The third-order valence-electron chi connectivity index (χ3n) is 4.22. The molecule has 0 fully saturated rings. The number of amides is 1. The molecule has 0 atom stereocenters. The van der Waals surface area contributed by atoms with Gasteiger partial charge in [-0.05, 0) is 48.9 Å². The minimum absolute atomic E-state index is 0.255. The molecule has 0 saturated heterocycles. The van der Waals surface area contributed by atoms with Gasteiger partial charge in [0.1, 0.15) is 5.58 Å². The van der Waals surface area contributed by atoms with E-state index in [4.69, 9.17) is 4.42 Å². The molecule has 2 heterocycles. The van der Waals surface area contributed by atoms with Gasteiger partial charge in [-0.1, -0.05) is 28.1 Å². The molecule has 1 amide bonds. The van der Waals surface area contributed by atoms with Gasteiger partial charge in [0.15, 0.2) is 5.76 Å². The van der Waals surface area contributed by atoms with Gasteiger partial charge in [0, 0.05) is 33.5 Å². The van der Waals surface area contributed by atoms with Crippen molar-refractivity contribution in [3.05, 3.63) is 82.3 Å². The Morgan fingerprint density at radius 1 is 1.23 bits per heavy atom. The Hall–Kier alpha value is -2.86. The van der Waals surface area contributed by atoms with Crippen LogP contribution in [0.5, 0.6) is 0 Å². The highest BCUT2D eigenvalue weighted by Gasteiger charge is 2.18. The Labute approximate surface area is 158 Å². The zero-order valence-electron chi connectivity index (χ0n) is 14.1. The Morgan fingerprint density at radius 2 is 2.04 bits per heavy atom. The maximum atomic E-state index is 12.6. The van der Waals surface area contributed by atoms with E-state index in [9.17, 15) is 4.79 Å². The lowest BCUT2D eigenvalue weighted by Crippen LogP contribution is -2.12. The van der Waals surface area contributed by atoms with Crippen LogP contribution in [0.25, 0.3) is 11.0 Å². The maximum Gasteiger partial charge on any atom is 0.291 e. The van der Waals surface area contributed by atoms with E-state index < -0.39 is 0 Å². The van der Waals surface area contributed by atoms with E-state index in [1.807, 2.05) is 66.3 Å². The summed E-state index contributed by atoms with van der Waals surface area (Å²) in [5.74, 6) is 0.0772. The van der Waals surface area contributed by atoms with Crippen molar-refractivity contribution < 1.29 is 9.21 Å². The van der Waals surface area contributed by atoms with Crippen molar-refractivity contribution in [3.63, 3.8) is 0 Å². The standard InChI is InChI=1S/C20H16BrN3O2/c1-13-17-11-15(21)5-8-18(17)26-19(13)20(25)23-16-6-3-14(4-7-16)12-24-10-2-9-22-24/h2-11H,12H2,1H3,(H,23,25). The first-order chi connectivity index (χ1) is 12.6. The Balaban J connectivity index is 1.52. The van der Waals surface area contributed by atoms with Crippen LogP contribution >= 0.6 is 15.9 Å². The van der Waals surface area contributed by atoms with E-state index >= 15 is 0 Å². The molecule has 2 aromatic heterocycles. The number of carbonyl (C=O) groups excluding carboxylic acids is 1. The second-order valence-corrected chi connectivity index (χ2v) is 6.97. The van der Waals surface area contributed by atoms with Crippen molar-refractivity contribution in [1.29, 1.82) is 0 Å². The molecule has 130 valence electrons. The number of aryl methyl sites for hydroxylation is 1. The lowest BCUT2D eigenvalue weighted by Gasteiger charge is -2.06. The van der Waals surface area contributed by atoms with E-state index in [1.54, 1.807) is 6.20 Å².